The monoisotopic (exact) mass is 188 g/mol. The van der Waals surface area contributed by atoms with Crippen molar-refractivity contribution in [2.75, 3.05) is 13.2 Å². The molecule has 0 fully saturated rings. The molecule has 4 heteroatoms. The summed E-state index contributed by atoms with van der Waals surface area (Å²) in [5.74, 6) is -0.981. The number of hydrogen-bond acceptors (Lipinski definition) is 3. The zero-order valence-corrected chi connectivity index (χ0v) is 7.77. The van der Waals surface area contributed by atoms with Crippen LogP contribution in [-0.4, -0.2) is 35.5 Å². The summed E-state index contributed by atoms with van der Waals surface area (Å²) in [6, 6.07) is 0. The maximum Gasteiger partial charge on any atom is 0.327 e. The lowest BCUT2D eigenvalue weighted by Gasteiger charge is -2.01. The van der Waals surface area contributed by atoms with Gasteiger partial charge in [-0.05, 0) is 6.92 Å². The summed E-state index contributed by atoms with van der Waals surface area (Å²) < 4.78 is 4.88. The van der Waals surface area contributed by atoms with Crippen molar-refractivity contribution in [3.63, 3.8) is 0 Å². The number of carboxylic acid groups (broad SMARTS) is 1. The molecule has 0 amide bonds. The van der Waals surface area contributed by atoms with Crippen LogP contribution in [0.25, 0.3) is 0 Å². The van der Waals surface area contributed by atoms with Crippen molar-refractivity contribution in [2.45, 2.75) is 13.0 Å². The lowest BCUT2D eigenvalue weighted by atomic mass is 10.4. The zero-order chi connectivity index (χ0) is 10.7. The average molecular weight is 188 g/mol. The Labute approximate surface area is 78.1 Å². The van der Waals surface area contributed by atoms with Gasteiger partial charge >= 0.3 is 5.97 Å². The Balaban J connectivity index is 0. The highest BCUT2D eigenvalue weighted by molar-refractivity contribution is 5.78. The van der Waals surface area contributed by atoms with Gasteiger partial charge in [-0.1, -0.05) is 12.7 Å². The summed E-state index contributed by atoms with van der Waals surface area (Å²) in [6.45, 7) is 9.01. The van der Waals surface area contributed by atoms with Crippen LogP contribution in [0.3, 0.4) is 0 Å². The zero-order valence-electron chi connectivity index (χ0n) is 7.77. The fourth-order valence-corrected chi connectivity index (χ4v) is 0.322. The predicted molar refractivity (Wildman–Crippen MR) is 50.5 cm³/mol. The van der Waals surface area contributed by atoms with Crippen molar-refractivity contribution >= 4 is 5.97 Å². The molecule has 0 aliphatic carbocycles. The fourth-order valence-electron chi connectivity index (χ4n) is 0.322. The van der Waals surface area contributed by atoms with E-state index in [9.17, 15) is 4.79 Å². The van der Waals surface area contributed by atoms with Gasteiger partial charge in [-0.15, -0.1) is 6.58 Å². The SMILES string of the molecule is C=CC(=O)O.C=CCOCC(C)O. The van der Waals surface area contributed by atoms with Crippen molar-refractivity contribution in [1.29, 1.82) is 0 Å². The first kappa shape index (κ1) is 14.4. The second kappa shape index (κ2) is 10.9. The summed E-state index contributed by atoms with van der Waals surface area (Å²) in [6.07, 6.45) is 2.12. The van der Waals surface area contributed by atoms with E-state index in [2.05, 4.69) is 13.2 Å². The van der Waals surface area contributed by atoms with Gasteiger partial charge in [-0.3, -0.25) is 0 Å². The number of aliphatic hydroxyl groups excluding tert-OH is 1. The molecule has 13 heavy (non-hydrogen) atoms. The topological polar surface area (TPSA) is 66.8 Å². The van der Waals surface area contributed by atoms with Gasteiger partial charge < -0.3 is 14.9 Å². The molecular weight excluding hydrogens is 172 g/mol. The van der Waals surface area contributed by atoms with Crippen molar-refractivity contribution in [3.8, 4) is 0 Å². The number of rotatable bonds is 5. The third-order valence-electron chi connectivity index (χ3n) is 0.769. The van der Waals surface area contributed by atoms with E-state index in [1.54, 1.807) is 13.0 Å². The van der Waals surface area contributed by atoms with Crippen LogP contribution in [0.15, 0.2) is 25.3 Å². The molecule has 1 unspecified atom stereocenters. The molecule has 2 N–H and O–H groups in total. The molecule has 0 spiro atoms. The van der Waals surface area contributed by atoms with E-state index >= 15 is 0 Å². The summed E-state index contributed by atoms with van der Waals surface area (Å²) in [7, 11) is 0. The highest BCUT2D eigenvalue weighted by Gasteiger charge is 1.90. The molecular formula is C9H16O4. The van der Waals surface area contributed by atoms with Crippen LogP contribution in [0.1, 0.15) is 6.92 Å². The molecule has 0 radical (unpaired) electrons. The van der Waals surface area contributed by atoms with Gasteiger partial charge in [0.1, 0.15) is 0 Å². The standard InChI is InChI=1S/C6H12O2.C3H4O2/c1-3-4-8-5-6(2)7;1-2-3(4)5/h3,6-7H,1,4-5H2,2H3;2H,1H2,(H,4,5). The van der Waals surface area contributed by atoms with E-state index in [1.807, 2.05) is 0 Å². The molecule has 0 saturated heterocycles. The summed E-state index contributed by atoms with van der Waals surface area (Å²) >= 11 is 0. The molecule has 0 bridgehead atoms. The molecule has 1 atom stereocenters. The van der Waals surface area contributed by atoms with E-state index < -0.39 is 5.97 Å². The van der Waals surface area contributed by atoms with Crippen LogP contribution in [0, 0.1) is 0 Å². The first-order valence-corrected chi connectivity index (χ1v) is 3.76. The molecule has 0 aromatic heterocycles. The van der Waals surface area contributed by atoms with Gasteiger partial charge in [0.15, 0.2) is 0 Å². The second-order valence-electron chi connectivity index (χ2n) is 2.22. The number of hydrogen-bond donors (Lipinski definition) is 2. The number of carboxylic acids is 1. The van der Waals surface area contributed by atoms with E-state index in [1.165, 1.54) is 0 Å². The molecule has 0 aromatic rings. The molecule has 0 heterocycles. The van der Waals surface area contributed by atoms with Gasteiger partial charge in [-0.2, -0.15) is 0 Å². The van der Waals surface area contributed by atoms with Gasteiger partial charge in [0.2, 0.25) is 0 Å². The Morgan fingerprint density at radius 3 is 2.31 bits per heavy atom. The van der Waals surface area contributed by atoms with Gasteiger partial charge in [0.25, 0.3) is 0 Å². The highest BCUT2D eigenvalue weighted by Crippen LogP contribution is 1.81. The highest BCUT2D eigenvalue weighted by atomic mass is 16.5. The van der Waals surface area contributed by atoms with E-state index in [0.717, 1.165) is 6.08 Å². The summed E-state index contributed by atoms with van der Waals surface area (Å²) in [4.78, 5) is 9.25. The van der Waals surface area contributed by atoms with Crippen LogP contribution in [-0.2, 0) is 9.53 Å². The summed E-state index contributed by atoms with van der Waals surface area (Å²) in [5.41, 5.74) is 0. The quantitative estimate of drug-likeness (QED) is 0.381. The van der Waals surface area contributed by atoms with Crippen LogP contribution < -0.4 is 0 Å². The molecule has 0 aliphatic heterocycles. The Morgan fingerprint density at radius 1 is 1.62 bits per heavy atom. The summed E-state index contributed by atoms with van der Waals surface area (Å²) in [5, 5.41) is 16.2. The number of ether oxygens (including phenoxy) is 1. The predicted octanol–water partition coefficient (Wildman–Crippen LogP) is 0.827. The Kier molecular flexibility index (Phi) is 12.0. The van der Waals surface area contributed by atoms with Crippen LogP contribution in [0.5, 0.6) is 0 Å². The fraction of sp³-hybridized carbons (Fsp3) is 0.444. The van der Waals surface area contributed by atoms with Gasteiger partial charge in [0, 0.05) is 6.08 Å². The normalized spacial score (nSPS) is 10.6. The Bertz CT molecular complexity index is 152. The van der Waals surface area contributed by atoms with Crippen molar-refractivity contribution in [2.24, 2.45) is 0 Å². The number of aliphatic carboxylic acids is 1. The maximum absolute atomic E-state index is 9.25. The smallest absolute Gasteiger partial charge is 0.327 e. The Hall–Kier alpha value is -1.13. The molecule has 76 valence electrons. The van der Waals surface area contributed by atoms with Crippen molar-refractivity contribution in [3.05, 3.63) is 25.3 Å². The Morgan fingerprint density at radius 2 is 2.08 bits per heavy atom. The molecule has 0 saturated carbocycles. The lowest BCUT2D eigenvalue weighted by molar-refractivity contribution is -0.131. The second-order valence-corrected chi connectivity index (χ2v) is 2.22. The minimum atomic E-state index is -0.981. The van der Waals surface area contributed by atoms with E-state index in [-0.39, 0.29) is 6.10 Å². The van der Waals surface area contributed by atoms with Gasteiger partial charge in [0.05, 0.1) is 19.3 Å². The number of aliphatic hydroxyl groups is 1. The van der Waals surface area contributed by atoms with E-state index in [4.69, 9.17) is 14.9 Å². The molecule has 0 aromatic carbocycles. The van der Waals surface area contributed by atoms with E-state index in [0.29, 0.717) is 13.2 Å². The minimum Gasteiger partial charge on any atom is -0.478 e. The van der Waals surface area contributed by atoms with Crippen LogP contribution in [0.4, 0.5) is 0 Å². The molecule has 0 rings (SSSR count). The maximum atomic E-state index is 9.25. The number of carbonyl (C=O) groups is 1. The largest absolute Gasteiger partial charge is 0.478 e. The first-order valence-electron chi connectivity index (χ1n) is 3.76. The lowest BCUT2D eigenvalue weighted by Crippen LogP contribution is -2.09. The third-order valence-corrected chi connectivity index (χ3v) is 0.769. The third kappa shape index (κ3) is 24.8. The van der Waals surface area contributed by atoms with Crippen LogP contribution in [0.2, 0.25) is 0 Å². The van der Waals surface area contributed by atoms with Gasteiger partial charge in [-0.25, -0.2) is 4.79 Å². The average Bonchev–Trinajstić information content (AvgIpc) is 2.05. The van der Waals surface area contributed by atoms with Crippen LogP contribution >= 0.6 is 0 Å². The van der Waals surface area contributed by atoms with Crippen molar-refractivity contribution in [1.82, 2.24) is 0 Å². The minimum absolute atomic E-state index is 0.366. The van der Waals surface area contributed by atoms with Crippen molar-refractivity contribution < 1.29 is 19.7 Å². The first-order chi connectivity index (χ1) is 6.04. The molecule has 0 aliphatic rings. The molecule has 4 nitrogen and oxygen atoms in total.